The van der Waals surface area contributed by atoms with E-state index in [1.54, 1.807) is 0 Å². The molecule has 0 atom stereocenters. The summed E-state index contributed by atoms with van der Waals surface area (Å²) in [4.78, 5) is 0. The lowest BCUT2D eigenvalue weighted by Gasteiger charge is -2.19. The molecule has 1 nitrogen and oxygen atoms in total. The van der Waals surface area contributed by atoms with E-state index in [1.165, 1.54) is 18.2 Å². The summed E-state index contributed by atoms with van der Waals surface area (Å²) < 4.78 is 116. The monoisotopic (exact) mass is 480 g/mol. The molecule has 0 radical (unpaired) electrons. The lowest BCUT2D eigenvalue weighted by atomic mass is 9.99. The molecule has 0 N–H and O–H groups in total. The minimum atomic E-state index is -4.09. The molecule has 0 amide bonds. The molecule has 4 rings (SSSR count). The largest absolute Gasteiger partial charge is 0.429 e. The Morgan fingerprint density at radius 3 is 1.71 bits per heavy atom. The molecule has 0 aromatic heterocycles. The van der Waals surface area contributed by atoms with Gasteiger partial charge in [0.05, 0.1) is 5.56 Å². The van der Waals surface area contributed by atoms with E-state index in [0.717, 1.165) is 36.4 Å². The molecular weight excluding hydrogens is 468 g/mol. The predicted molar refractivity (Wildman–Crippen MR) is 108 cm³/mol. The Morgan fingerprint density at radius 2 is 1.09 bits per heavy atom. The second-order valence-corrected chi connectivity index (χ2v) is 7.19. The molecular formula is C25H12F8O. The third-order valence-corrected chi connectivity index (χ3v) is 4.95. The van der Waals surface area contributed by atoms with Gasteiger partial charge in [0.1, 0.15) is 23.2 Å². The Kier molecular flexibility index (Phi) is 6.03. The highest BCUT2D eigenvalue weighted by molar-refractivity contribution is 5.71. The Balaban J connectivity index is 1.62. The number of hydrogen-bond donors (Lipinski definition) is 0. The lowest BCUT2D eigenvalue weighted by molar-refractivity contribution is -0.187. The molecule has 0 spiro atoms. The van der Waals surface area contributed by atoms with Crippen molar-refractivity contribution in [3.05, 3.63) is 113 Å². The highest BCUT2D eigenvalue weighted by Crippen LogP contribution is 2.36. The van der Waals surface area contributed by atoms with Crippen LogP contribution in [0.5, 0.6) is 5.75 Å². The maximum absolute atomic E-state index is 14.6. The van der Waals surface area contributed by atoms with Gasteiger partial charge in [-0.2, -0.15) is 8.78 Å². The molecule has 34 heavy (non-hydrogen) atoms. The maximum Gasteiger partial charge on any atom is 0.429 e. The second-order valence-electron chi connectivity index (χ2n) is 7.19. The van der Waals surface area contributed by atoms with E-state index in [1.807, 2.05) is 0 Å². The molecule has 0 bridgehead atoms. The van der Waals surface area contributed by atoms with Gasteiger partial charge < -0.3 is 4.74 Å². The van der Waals surface area contributed by atoms with Crippen molar-refractivity contribution in [2.75, 3.05) is 0 Å². The Morgan fingerprint density at radius 1 is 0.529 bits per heavy atom. The summed E-state index contributed by atoms with van der Waals surface area (Å²) in [5.41, 5.74) is -1.80. The fraction of sp³-hybridized carbons (Fsp3) is 0.0400. The van der Waals surface area contributed by atoms with Crippen molar-refractivity contribution in [3.63, 3.8) is 0 Å². The van der Waals surface area contributed by atoms with Gasteiger partial charge in [0.2, 0.25) is 0 Å². The summed E-state index contributed by atoms with van der Waals surface area (Å²) in [6, 6.07) is 11.1. The van der Waals surface area contributed by atoms with Gasteiger partial charge in [0.25, 0.3) is 0 Å². The van der Waals surface area contributed by atoms with Gasteiger partial charge in [-0.3, -0.25) is 0 Å². The maximum atomic E-state index is 14.6. The Labute approximate surface area is 187 Å². The SMILES string of the molecule is Fc1cc(OC(F)(F)c2ccccc2F)ccc1-c1ccc(-c2cc(F)c(F)c(F)c2)c(F)c1. The number of halogens is 8. The zero-order valence-electron chi connectivity index (χ0n) is 16.9. The third kappa shape index (κ3) is 4.46. The second kappa shape index (κ2) is 8.81. The quantitative estimate of drug-likeness (QED) is 0.208. The summed E-state index contributed by atoms with van der Waals surface area (Å²) in [6.45, 7) is 0. The molecule has 0 fully saturated rings. The van der Waals surface area contributed by atoms with Gasteiger partial charge in [-0.15, -0.1) is 0 Å². The number of hydrogen-bond acceptors (Lipinski definition) is 1. The van der Waals surface area contributed by atoms with Gasteiger partial charge in [-0.05, 0) is 53.6 Å². The molecule has 0 heterocycles. The van der Waals surface area contributed by atoms with Crippen molar-refractivity contribution < 1.29 is 39.9 Å². The fourth-order valence-electron chi connectivity index (χ4n) is 3.32. The van der Waals surface area contributed by atoms with Crippen LogP contribution >= 0.6 is 0 Å². The standard InChI is InChI=1S/C25H12F8O/c26-19-4-2-1-3-18(19)25(32,33)34-15-6-8-16(21(28)12-15)13-5-7-17(20(27)9-13)14-10-22(29)24(31)23(30)11-14/h1-12H. The number of ether oxygens (including phenoxy) is 1. The average molecular weight is 480 g/mol. The van der Waals surface area contributed by atoms with Crippen molar-refractivity contribution in [3.8, 4) is 28.0 Å². The summed E-state index contributed by atoms with van der Waals surface area (Å²) in [5.74, 6) is -8.57. The van der Waals surface area contributed by atoms with Gasteiger partial charge in [0.15, 0.2) is 17.5 Å². The van der Waals surface area contributed by atoms with Crippen molar-refractivity contribution in [2.24, 2.45) is 0 Å². The highest BCUT2D eigenvalue weighted by atomic mass is 19.3. The van der Waals surface area contributed by atoms with Crippen LogP contribution < -0.4 is 4.74 Å². The molecule has 9 heteroatoms. The molecule has 4 aromatic carbocycles. The van der Waals surface area contributed by atoms with Crippen LogP contribution in [0.2, 0.25) is 0 Å². The van der Waals surface area contributed by atoms with Crippen molar-refractivity contribution >= 4 is 0 Å². The summed E-state index contributed by atoms with van der Waals surface area (Å²) in [6.07, 6.45) is -4.09. The Bertz CT molecular complexity index is 1360. The molecule has 0 unspecified atom stereocenters. The summed E-state index contributed by atoms with van der Waals surface area (Å²) >= 11 is 0. The van der Waals surface area contributed by atoms with Gasteiger partial charge in [0, 0.05) is 17.2 Å². The first-order chi connectivity index (χ1) is 16.1. The first-order valence-corrected chi connectivity index (χ1v) is 9.63. The fourth-order valence-corrected chi connectivity index (χ4v) is 3.32. The normalized spacial score (nSPS) is 11.5. The van der Waals surface area contributed by atoms with Crippen molar-refractivity contribution in [1.29, 1.82) is 0 Å². The highest BCUT2D eigenvalue weighted by Gasteiger charge is 2.37. The lowest BCUT2D eigenvalue weighted by Crippen LogP contribution is -2.23. The van der Waals surface area contributed by atoms with E-state index in [9.17, 15) is 35.1 Å². The molecule has 0 saturated heterocycles. The zero-order valence-corrected chi connectivity index (χ0v) is 16.9. The van der Waals surface area contributed by atoms with Crippen LogP contribution in [-0.4, -0.2) is 0 Å². The van der Waals surface area contributed by atoms with Crippen LogP contribution in [0.1, 0.15) is 5.56 Å². The van der Waals surface area contributed by atoms with Crippen LogP contribution in [0.25, 0.3) is 22.3 Å². The minimum Gasteiger partial charge on any atom is -0.429 e. The first-order valence-electron chi connectivity index (χ1n) is 9.63. The van der Waals surface area contributed by atoms with Gasteiger partial charge >= 0.3 is 6.11 Å². The van der Waals surface area contributed by atoms with Crippen LogP contribution in [-0.2, 0) is 6.11 Å². The average Bonchev–Trinajstić information content (AvgIpc) is 2.77. The molecule has 0 aliphatic carbocycles. The minimum absolute atomic E-state index is 0.0192. The third-order valence-electron chi connectivity index (χ3n) is 4.95. The van der Waals surface area contributed by atoms with Crippen LogP contribution in [0.4, 0.5) is 35.1 Å². The van der Waals surface area contributed by atoms with Crippen molar-refractivity contribution in [1.82, 2.24) is 0 Å². The summed E-state index contributed by atoms with van der Waals surface area (Å²) in [5, 5.41) is 0. The van der Waals surface area contributed by atoms with Crippen molar-refractivity contribution in [2.45, 2.75) is 6.11 Å². The molecule has 174 valence electrons. The van der Waals surface area contributed by atoms with E-state index in [0.29, 0.717) is 18.2 Å². The molecule has 4 aromatic rings. The molecule has 0 aliphatic heterocycles. The zero-order chi connectivity index (χ0) is 24.6. The predicted octanol–water partition coefficient (Wildman–Crippen LogP) is 7.98. The van der Waals surface area contributed by atoms with Crippen LogP contribution in [0.15, 0.2) is 72.8 Å². The van der Waals surface area contributed by atoms with E-state index in [2.05, 4.69) is 4.74 Å². The topological polar surface area (TPSA) is 9.23 Å². The molecule has 0 saturated carbocycles. The van der Waals surface area contributed by atoms with Crippen LogP contribution in [0.3, 0.4) is 0 Å². The van der Waals surface area contributed by atoms with Crippen LogP contribution in [0, 0.1) is 34.9 Å². The summed E-state index contributed by atoms with van der Waals surface area (Å²) in [7, 11) is 0. The van der Waals surface area contributed by atoms with E-state index < -0.39 is 52.3 Å². The van der Waals surface area contributed by atoms with E-state index >= 15 is 0 Å². The van der Waals surface area contributed by atoms with Gasteiger partial charge in [-0.1, -0.05) is 24.3 Å². The smallest absolute Gasteiger partial charge is 0.429 e. The van der Waals surface area contributed by atoms with E-state index in [-0.39, 0.29) is 22.3 Å². The number of alkyl halides is 2. The van der Waals surface area contributed by atoms with Gasteiger partial charge in [-0.25, -0.2) is 26.3 Å². The number of benzene rings is 4. The molecule has 0 aliphatic rings. The first kappa shape index (κ1) is 23.3. The Hall–Kier alpha value is -3.88. The van der Waals surface area contributed by atoms with E-state index in [4.69, 9.17) is 0 Å². The number of rotatable bonds is 5.